The number of alkyl halides is 3. The zero-order valence-electron chi connectivity index (χ0n) is 8.25. The predicted molar refractivity (Wildman–Crippen MR) is 60.2 cm³/mol. The van der Waals surface area contributed by atoms with Crippen molar-refractivity contribution in [2.75, 3.05) is 11.1 Å². The van der Waals surface area contributed by atoms with Crippen LogP contribution in [0.4, 0.5) is 14.5 Å². The molecule has 1 aromatic rings. The van der Waals surface area contributed by atoms with E-state index < -0.39 is 6.61 Å². The number of nitrogens with two attached hydrogens (primary N) is 1. The van der Waals surface area contributed by atoms with Gasteiger partial charge in [-0.15, -0.1) is 0 Å². The summed E-state index contributed by atoms with van der Waals surface area (Å²) in [5.74, 6) is -0.281. The number of rotatable bonds is 5. The van der Waals surface area contributed by atoms with Crippen molar-refractivity contribution in [2.24, 2.45) is 0 Å². The van der Waals surface area contributed by atoms with Crippen LogP contribution in [0.15, 0.2) is 18.2 Å². The summed E-state index contributed by atoms with van der Waals surface area (Å²) in [4.78, 5) is 11.5. The minimum absolute atomic E-state index is 0.104. The summed E-state index contributed by atoms with van der Waals surface area (Å²) in [5, 5.41) is 0.506. The second-order valence-corrected chi connectivity index (χ2v) is 3.82. The first-order chi connectivity index (χ1) is 7.52. The fourth-order valence-electron chi connectivity index (χ4n) is 1.18. The summed E-state index contributed by atoms with van der Waals surface area (Å²) in [7, 11) is 0. The minimum atomic E-state index is -2.93. The Morgan fingerprint density at radius 3 is 2.69 bits per heavy atom. The van der Waals surface area contributed by atoms with Crippen molar-refractivity contribution in [3.63, 3.8) is 0 Å². The van der Waals surface area contributed by atoms with Gasteiger partial charge in [-0.05, 0) is 12.1 Å². The highest BCUT2D eigenvalue weighted by atomic mass is 79.9. The molecule has 6 heteroatoms. The van der Waals surface area contributed by atoms with Crippen molar-refractivity contribution in [3.05, 3.63) is 23.8 Å². The molecule has 0 unspecified atom stereocenters. The van der Waals surface area contributed by atoms with E-state index in [1.807, 2.05) is 0 Å². The normalized spacial score (nSPS) is 10.5. The number of Topliss-reactive ketones (excluding diaryl/α,β-unsaturated/α-hetero) is 1. The SMILES string of the molecule is Nc1cc(OC(F)F)cc(C(=O)CCBr)c1. The molecule has 1 rings (SSSR count). The van der Waals surface area contributed by atoms with Crippen LogP contribution in [0.5, 0.6) is 5.75 Å². The molecule has 0 aliphatic heterocycles. The van der Waals surface area contributed by atoms with Gasteiger partial charge in [-0.25, -0.2) is 0 Å². The molecule has 0 atom stereocenters. The van der Waals surface area contributed by atoms with E-state index in [4.69, 9.17) is 5.73 Å². The number of ether oxygens (including phenoxy) is 1. The fourth-order valence-corrected chi connectivity index (χ4v) is 1.54. The maximum atomic E-state index is 12.0. The van der Waals surface area contributed by atoms with Gasteiger partial charge in [-0.2, -0.15) is 8.78 Å². The van der Waals surface area contributed by atoms with Crippen LogP contribution in [-0.2, 0) is 0 Å². The molecule has 0 amide bonds. The standard InChI is InChI=1S/C10H10BrF2NO2/c11-2-1-9(15)6-3-7(14)5-8(4-6)16-10(12)13/h3-5,10H,1-2,14H2. The zero-order valence-corrected chi connectivity index (χ0v) is 9.84. The molecule has 2 N–H and O–H groups in total. The summed E-state index contributed by atoms with van der Waals surface area (Å²) in [6.45, 7) is -2.93. The number of hydrogen-bond acceptors (Lipinski definition) is 3. The molecular weight excluding hydrogens is 284 g/mol. The largest absolute Gasteiger partial charge is 0.435 e. The third-order valence-electron chi connectivity index (χ3n) is 1.80. The van der Waals surface area contributed by atoms with Gasteiger partial charge in [0.1, 0.15) is 5.75 Å². The van der Waals surface area contributed by atoms with Crippen LogP contribution in [0.3, 0.4) is 0 Å². The predicted octanol–water partition coefficient (Wildman–Crippen LogP) is 2.84. The average molecular weight is 294 g/mol. The molecule has 0 aliphatic rings. The highest BCUT2D eigenvalue weighted by molar-refractivity contribution is 9.09. The number of ketones is 1. The minimum Gasteiger partial charge on any atom is -0.435 e. The van der Waals surface area contributed by atoms with Gasteiger partial charge in [-0.3, -0.25) is 4.79 Å². The third-order valence-corrected chi connectivity index (χ3v) is 2.19. The molecule has 0 spiro atoms. The van der Waals surface area contributed by atoms with Crippen LogP contribution in [0.25, 0.3) is 0 Å². The molecule has 88 valence electrons. The van der Waals surface area contributed by atoms with Crippen molar-refractivity contribution in [2.45, 2.75) is 13.0 Å². The number of hydrogen-bond donors (Lipinski definition) is 1. The van der Waals surface area contributed by atoms with Gasteiger partial charge in [0, 0.05) is 29.1 Å². The van der Waals surface area contributed by atoms with Gasteiger partial charge >= 0.3 is 6.61 Å². The van der Waals surface area contributed by atoms with E-state index in [-0.39, 0.29) is 29.2 Å². The quantitative estimate of drug-likeness (QED) is 0.516. The summed E-state index contributed by atoms with van der Waals surface area (Å²) in [6.07, 6.45) is 0.275. The molecular formula is C10H10BrF2NO2. The van der Waals surface area contributed by atoms with Crippen LogP contribution in [-0.4, -0.2) is 17.7 Å². The Labute approximate surface area is 99.7 Å². The Bertz CT molecular complexity index is 385. The van der Waals surface area contributed by atoms with Crippen molar-refractivity contribution < 1.29 is 18.3 Å². The fraction of sp³-hybridized carbons (Fsp3) is 0.300. The summed E-state index contributed by atoms with van der Waals surface area (Å²) >= 11 is 3.12. The Balaban J connectivity index is 2.93. The van der Waals surface area contributed by atoms with Gasteiger partial charge < -0.3 is 10.5 Å². The van der Waals surface area contributed by atoms with Crippen LogP contribution >= 0.6 is 15.9 Å². The average Bonchev–Trinajstić information content (AvgIpc) is 2.15. The monoisotopic (exact) mass is 293 g/mol. The van der Waals surface area contributed by atoms with Gasteiger partial charge in [0.2, 0.25) is 0 Å². The van der Waals surface area contributed by atoms with Gasteiger partial charge in [0.25, 0.3) is 0 Å². The second kappa shape index (κ2) is 5.79. The summed E-state index contributed by atoms with van der Waals surface area (Å²) in [6, 6.07) is 3.94. The molecule has 0 aliphatic carbocycles. The molecule has 1 aromatic carbocycles. The van der Waals surface area contributed by atoms with Crippen LogP contribution in [0, 0.1) is 0 Å². The Morgan fingerprint density at radius 2 is 2.12 bits per heavy atom. The lowest BCUT2D eigenvalue weighted by Crippen LogP contribution is -2.05. The van der Waals surface area contributed by atoms with E-state index in [9.17, 15) is 13.6 Å². The number of anilines is 1. The lowest BCUT2D eigenvalue weighted by molar-refractivity contribution is -0.0498. The number of halogens is 3. The highest BCUT2D eigenvalue weighted by Crippen LogP contribution is 2.21. The topological polar surface area (TPSA) is 52.3 Å². The van der Waals surface area contributed by atoms with E-state index in [1.54, 1.807) is 0 Å². The molecule has 0 saturated carbocycles. The van der Waals surface area contributed by atoms with E-state index in [0.29, 0.717) is 5.33 Å². The molecule has 0 heterocycles. The maximum Gasteiger partial charge on any atom is 0.387 e. The third kappa shape index (κ3) is 3.77. The molecule has 0 bridgehead atoms. The van der Waals surface area contributed by atoms with Gasteiger partial charge in [0.15, 0.2) is 5.78 Å². The first-order valence-electron chi connectivity index (χ1n) is 4.47. The number of nitrogen functional groups attached to an aromatic ring is 1. The van der Waals surface area contributed by atoms with Gasteiger partial charge in [0.05, 0.1) is 0 Å². The number of carbonyl (C=O) groups is 1. The van der Waals surface area contributed by atoms with Crippen molar-refractivity contribution in [1.29, 1.82) is 0 Å². The van der Waals surface area contributed by atoms with E-state index >= 15 is 0 Å². The van der Waals surface area contributed by atoms with E-state index in [2.05, 4.69) is 20.7 Å². The van der Waals surface area contributed by atoms with Crippen LogP contribution in [0.2, 0.25) is 0 Å². The summed E-state index contributed by atoms with van der Waals surface area (Å²) in [5.41, 5.74) is 5.97. The van der Waals surface area contributed by atoms with Crippen molar-refractivity contribution in [1.82, 2.24) is 0 Å². The molecule has 0 radical (unpaired) electrons. The Kier molecular flexibility index (Phi) is 4.67. The Morgan fingerprint density at radius 1 is 1.44 bits per heavy atom. The van der Waals surface area contributed by atoms with E-state index in [1.165, 1.54) is 18.2 Å². The second-order valence-electron chi connectivity index (χ2n) is 3.03. The molecule has 3 nitrogen and oxygen atoms in total. The lowest BCUT2D eigenvalue weighted by Gasteiger charge is -2.07. The summed E-state index contributed by atoms with van der Waals surface area (Å²) < 4.78 is 28.1. The van der Waals surface area contributed by atoms with Crippen LogP contribution < -0.4 is 10.5 Å². The van der Waals surface area contributed by atoms with Crippen molar-refractivity contribution in [3.8, 4) is 5.75 Å². The molecule has 16 heavy (non-hydrogen) atoms. The van der Waals surface area contributed by atoms with Crippen LogP contribution in [0.1, 0.15) is 16.8 Å². The smallest absolute Gasteiger partial charge is 0.387 e. The molecule has 0 fully saturated rings. The van der Waals surface area contributed by atoms with Gasteiger partial charge in [-0.1, -0.05) is 15.9 Å². The number of carbonyl (C=O) groups excluding carboxylic acids is 1. The van der Waals surface area contributed by atoms with E-state index in [0.717, 1.165) is 0 Å². The molecule has 0 aromatic heterocycles. The van der Waals surface area contributed by atoms with Crippen molar-refractivity contribution >= 4 is 27.4 Å². The highest BCUT2D eigenvalue weighted by Gasteiger charge is 2.10. The first-order valence-corrected chi connectivity index (χ1v) is 5.59. The number of benzene rings is 1. The zero-order chi connectivity index (χ0) is 12.1. The Hall–Kier alpha value is -1.17. The maximum absolute atomic E-state index is 12.0. The lowest BCUT2D eigenvalue weighted by atomic mass is 10.1. The first kappa shape index (κ1) is 12.9. The molecule has 0 saturated heterocycles.